The summed E-state index contributed by atoms with van der Waals surface area (Å²) in [6.45, 7) is 3.97. The third kappa shape index (κ3) is 11.6. The quantitative estimate of drug-likeness (QED) is 0.306. The minimum Gasteiger partial charge on any atom is -0.746 e. The van der Waals surface area contributed by atoms with Crippen LogP contribution < -0.4 is 51.4 Å². The van der Waals surface area contributed by atoms with Crippen LogP contribution in [0.25, 0.3) is 0 Å². The minimum atomic E-state index is -4.63. The first-order valence-electron chi connectivity index (χ1n) is 8.05. The molecular formula is C15H31KO4S. The average molecular weight is 347 g/mol. The topological polar surface area (TPSA) is 77.4 Å². The summed E-state index contributed by atoms with van der Waals surface area (Å²) >= 11 is 0. The summed E-state index contributed by atoms with van der Waals surface area (Å²) in [7, 11) is -4.63. The molecule has 0 aromatic rings. The van der Waals surface area contributed by atoms with Crippen molar-refractivity contribution in [2.75, 3.05) is 0 Å². The molecule has 0 aliphatic carbocycles. The van der Waals surface area contributed by atoms with Gasteiger partial charge >= 0.3 is 51.4 Å². The summed E-state index contributed by atoms with van der Waals surface area (Å²) in [4.78, 5) is -2.05. The molecule has 0 fully saturated rings. The molecule has 0 spiro atoms. The van der Waals surface area contributed by atoms with Crippen LogP contribution in [0.5, 0.6) is 0 Å². The Balaban J connectivity index is 0. The normalized spacial score (nSPS) is 14.5. The van der Waals surface area contributed by atoms with Crippen molar-refractivity contribution < 1.29 is 69.5 Å². The van der Waals surface area contributed by atoms with E-state index < -0.39 is 15.1 Å². The van der Waals surface area contributed by atoms with Gasteiger partial charge in [-0.3, -0.25) is 0 Å². The van der Waals surface area contributed by atoms with Gasteiger partial charge in [0.05, 0.1) is 0 Å². The van der Waals surface area contributed by atoms with Crippen molar-refractivity contribution in [2.45, 2.75) is 95.8 Å². The Bertz CT molecular complexity index is 333. The molecule has 0 aromatic carbocycles. The summed E-state index contributed by atoms with van der Waals surface area (Å²) in [6, 6.07) is 0. The molecule has 0 heterocycles. The van der Waals surface area contributed by atoms with Gasteiger partial charge in [-0.05, 0) is 19.3 Å². The van der Waals surface area contributed by atoms with E-state index in [0.29, 0.717) is 12.8 Å². The Morgan fingerprint density at radius 2 is 1.24 bits per heavy atom. The number of unbranched alkanes of at least 4 members (excludes halogenated alkanes) is 8. The van der Waals surface area contributed by atoms with Crippen molar-refractivity contribution >= 4 is 10.1 Å². The monoisotopic (exact) mass is 346 g/mol. The third-order valence-electron chi connectivity index (χ3n) is 3.78. The second kappa shape index (κ2) is 13.9. The molecule has 0 bridgehead atoms. The fourth-order valence-electron chi connectivity index (χ4n) is 2.48. The molecule has 1 unspecified atom stereocenters. The van der Waals surface area contributed by atoms with Crippen LogP contribution in [0.4, 0.5) is 0 Å². The standard InChI is InChI=1S/C15H32O4S.K/c1-3-5-6-7-8-9-10-11-12-14-15(16,13-4-2)20(17,18)19;/h16H,3-14H2,1-2H3,(H,17,18,19);/q;+1/p-1. The van der Waals surface area contributed by atoms with Crippen LogP contribution in [0, 0.1) is 0 Å². The second-order valence-corrected chi connectivity index (χ2v) is 7.40. The maximum atomic E-state index is 11.1. The Labute approximate surface area is 173 Å². The summed E-state index contributed by atoms with van der Waals surface area (Å²) < 4.78 is 33.3. The van der Waals surface area contributed by atoms with Gasteiger partial charge in [0.15, 0.2) is 4.93 Å². The van der Waals surface area contributed by atoms with Gasteiger partial charge in [-0.15, -0.1) is 0 Å². The Morgan fingerprint density at radius 1 is 0.810 bits per heavy atom. The SMILES string of the molecule is CCCCCCCCCCCC(O)(CCC)S(=O)(=O)[O-].[K+]. The van der Waals surface area contributed by atoms with Gasteiger partial charge < -0.3 is 9.66 Å². The second-order valence-electron chi connectivity index (χ2n) is 5.73. The van der Waals surface area contributed by atoms with E-state index in [2.05, 4.69) is 6.92 Å². The molecule has 4 nitrogen and oxygen atoms in total. The number of hydrogen-bond acceptors (Lipinski definition) is 4. The zero-order chi connectivity index (χ0) is 15.5. The van der Waals surface area contributed by atoms with Crippen molar-refractivity contribution in [3.63, 3.8) is 0 Å². The van der Waals surface area contributed by atoms with E-state index in [4.69, 9.17) is 0 Å². The summed E-state index contributed by atoms with van der Waals surface area (Å²) in [6.07, 6.45) is 10.6. The van der Waals surface area contributed by atoms with Gasteiger partial charge in [-0.2, -0.15) is 0 Å². The third-order valence-corrected chi connectivity index (χ3v) is 5.12. The summed E-state index contributed by atoms with van der Waals surface area (Å²) in [5, 5.41) is 9.95. The van der Waals surface area contributed by atoms with Crippen molar-refractivity contribution in [1.82, 2.24) is 0 Å². The van der Waals surface area contributed by atoms with Crippen molar-refractivity contribution in [1.29, 1.82) is 0 Å². The smallest absolute Gasteiger partial charge is 0.746 e. The zero-order valence-electron chi connectivity index (χ0n) is 14.1. The van der Waals surface area contributed by atoms with Gasteiger partial charge in [0.25, 0.3) is 0 Å². The number of hydrogen-bond donors (Lipinski definition) is 1. The largest absolute Gasteiger partial charge is 1.00 e. The summed E-state index contributed by atoms with van der Waals surface area (Å²) in [5.41, 5.74) is 0. The Kier molecular flexibility index (Phi) is 16.4. The van der Waals surface area contributed by atoms with Crippen LogP contribution in [0.2, 0.25) is 0 Å². The maximum absolute atomic E-state index is 11.1. The van der Waals surface area contributed by atoms with E-state index in [0.717, 1.165) is 19.3 Å². The predicted octanol–water partition coefficient (Wildman–Crippen LogP) is 0.945. The molecule has 0 rings (SSSR count). The molecule has 0 saturated heterocycles. The first-order chi connectivity index (χ1) is 9.37. The van der Waals surface area contributed by atoms with Crippen LogP contribution in [0.1, 0.15) is 90.9 Å². The molecule has 0 aliphatic rings. The van der Waals surface area contributed by atoms with Crippen LogP contribution in [0.15, 0.2) is 0 Å². The molecule has 0 aliphatic heterocycles. The van der Waals surface area contributed by atoms with Gasteiger partial charge in [0, 0.05) is 0 Å². The summed E-state index contributed by atoms with van der Waals surface area (Å²) in [5.74, 6) is 0. The van der Waals surface area contributed by atoms with Crippen LogP contribution >= 0.6 is 0 Å². The fourth-order valence-corrected chi connectivity index (χ4v) is 3.33. The molecule has 0 radical (unpaired) electrons. The number of aliphatic hydroxyl groups is 1. The van der Waals surface area contributed by atoms with Gasteiger partial charge in [0.1, 0.15) is 10.1 Å². The molecule has 1 N–H and O–H groups in total. The molecule has 6 heteroatoms. The maximum Gasteiger partial charge on any atom is 1.00 e. The minimum absolute atomic E-state index is 0. The molecule has 0 aromatic heterocycles. The van der Waals surface area contributed by atoms with Crippen molar-refractivity contribution in [3.8, 4) is 0 Å². The van der Waals surface area contributed by atoms with E-state index in [-0.39, 0.29) is 64.2 Å². The fraction of sp³-hybridized carbons (Fsp3) is 1.00. The van der Waals surface area contributed by atoms with Gasteiger partial charge in [-0.25, -0.2) is 8.42 Å². The van der Waals surface area contributed by atoms with Crippen LogP contribution in [-0.4, -0.2) is 23.0 Å². The average Bonchev–Trinajstić information content (AvgIpc) is 2.36. The van der Waals surface area contributed by atoms with Gasteiger partial charge in [0.2, 0.25) is 0 Å². The van der Waals surface area contributed by atoms with E-state index in [1.54, 1.807) is 6.92 Å². The zero-order valence-corrected chi connectivity index (χ0v) is 18.0. The molecule has 21 heavy (non-hydrogen) atoms. The Hall–Kier alpha value is 1.51. The van der Waals surface area contributed by atoms with E-state index >= 15 is 0 Å². The van der Waals surface area contributed by atoms with E-state index in [9.17, 15) is 18.1 Å². The first-order valence-corrected chi connectivity index (χ1v) is 9.46. The molecule has 0 saturated carbocycles. The Morgan fingerprint density at radius 3 is 1.62 bits per heavy atom. The molecule has 122 valence electrons. The first kappa shape index (κ1) is 24.8. The molecule has 0 amide bonds. The van der Waals surface area contributed by atoms with Gasteiger partial charge in [-0.1, -0.05) is 71.6 Å². The molecule has 1 atom stereocenters. The predicted molar refractivity (Wildman–Crippen MR) is 81.4 cm³/mol. The van der Waals surface area contributed by atoms with Crippen LogP contribution in [-0.2, 0) is 10.1 Å². The van der Waals surface area contributed by atoms with E-state index in [1.165, 1.54) is 32.1 Å². The number of rotatable bonds is 13. The van der Waals surface area contributed by atoms with Crippen molar-refractivity contribution in [3.05, 3.63) is 0 Å². The molecular weight excluding hydrogens is 315 g/mol. The van der Waals surface area contributed by atoms with E-state index in [1.807, 2.05) is 0 Å². The van der Waals surface area contributed by atoms with Crippen LogP contribution in [0.3, 0.4) is 0 Å². The van der Waals surface area contributed by atoms with Crippen molar-refractivity contribution in [2.24, 2.45) is 0 Å².